The van der Waals surface area contributed by atoms with Gasteiger partial charge in [0.2, 0.25) is 0 Å². The third-order valence-electron chi connectivity index (χ3n) is 3.18. The van der Waals surface area contributed by atoms with Gasteiger partial charge >= 0.3 is 0 Å². The van der Waals surface area contributed by atoms with Crippen molar-refractivity contribution in [3.05, 3.63) is 63.2 Å². The number of para-hydroxylation sites is 1. The first kappa shape index (κ1) is 19.6. The number of rotatable bonds is 7. The van der Waals surface area contributed by atoms with E-state index in [0.717, 1.165) is 17.7 Å². The monoisotopic (exact) mass is 399 g/mol. The number of carbonyl (C=O) groups excluding carboxylic acids is 1. The first-order valence-corrected chi connectivity index (χ1v) is 9.00. The molecule has 0 aliphatic carbocycles. The van der Waals surface area contributed by atoms with Gasteiger partial charge in [-0.25, -0.2) is 8.42 Å². The minimum atomic E-state index is -4.32. The fraction of sp³-hybridized carbons (Fsp3) is 0.133. The fourth-order valence-electron chi connectivity index (χ4n) is 1.91. The van der Waals surface area contributed by atoms with Crippen LogP contribution >= 0.6 is 11.6 Å². The molecule has 9 nitrogen and oxygen atoms in total. The number of nitro benzene ring substituents is 1. The van der Waals surface area contributed by atoms with E-state index in [1.807, 2.05) is 5.43 Å². The van der Waals surface area contributed by atoms with E-state index in [2.05, 4.69) is 0 Å². The molecule has 0 aliphatic rings. The van der Waals surface area contributed by atoms with Gasteiger partial charge in [-0.15, -0.1) is 4.83 Å². The zero-order valence-corrected chi connectivity index (χ0v) is 15.0. The maximum Gasteiger partial charge on any atom is 0.289 e. The number of halogens is 1. The van der Waals surface area contributed by atoms with E-state index in [0.29, 0.717) is 10.8 Å². The van der Waals surface area contributed by atoms with Crippen LogP contribution in [0.5, 0.6) is 5.75 Å². The van der Waals surface area contributed by atoms with Crippen molar-refractivity contribution in [2.75, 3.05) is 6.61 Å². The van der Waals surface area contributed by atoms with Crippen molar-refractivity contribution >= 4 is 33.2 Å². The van der Waals surface area contributed by atoms with Crippen LogP contribution in [0.4, 0.5) is 5.69 Å². The van der Waals surface area contributed by atoms with Crippen molar-refractivity contribution in [3.8, 4) is 5.75 Å². The molecule has 0 atom stereocenters. The second-order valence-corrected chi connectivity index (χ2v) is 7.14. The van der Waals surface area contributed by atoms with Crippen molar-refractivity contribution in [2.24, 2.45) is 0 Å². The molecule has 11 heteroatoms. The molecule has 0 aromatic heterocycles. The van der Waals surface area contributed by atoms with Crippen LogP contribution in [0.15, 0.2) is 47.4 Å². The van der Waals surface area contributed by atoms with E-state index >= 15 is 0 Å². The van der Waals surface area contributed by atoms with Crippen LogP contribution in [0.3, 0.4) is 0 Å². The summed E-state index contributed by atoms with van der Waals surface area (Å²) in [6.45, 7) is 1.29. The smallest absolute Gasteiger partial charge is 0.289 e. The van der Waals surface area contributed by atoms with Crippen LogP contribution in [0.2, 0.25) is 5.02 Å². The molecule has 0 saturated heterocycles. The van der Waals surface area contributed by atoms with E-state index in [1.54, 1.807) is 30.0 Å². The van der Waals surface area contributed by atoms with E-state index in [1.165, 1.54) is 12.1 Å². The molecule has 138 valence electrons. The normalized spacial score (nSPS) is 11.0. The Balaban J connectivity index is 1.98. The first-order valence-electron chi connectivity index (χ1n) is 7.14. The summed E-state index contributed by atoms with van der Waals surface area (Å²) in [4.78, 5) is 23.0. The highest BCUT2D eigenvalue weighted by atomic mass is 35.5. The summed E-state index contributed by atoms with van der Waals surface area (Å²) in [7, 11) is -4.32. The molecule has 2 aromatic rings. The fourth-order valence-corrected chi connectivity index (χ4v) is 3.06. The standard InChI is InChI=1S/C15H14ClN3O6S/c1-10-8-11(6-7-12(10)16)25-9-15(20)17-18-26(23,24)14-5-3-2-4-13(14)19(21)22/h2-8,18H,9H2,1H3,(H,17,20). The number of hydrogen-bond acceptors (Lipinski definition) is 6. The van der Waals surface area contributed by atoms with E-state index < -0.39 is 38.0 Å². The van der Waals surface area contributed by atoms with Crippen LogP contribution < -0.4 is 15.0 Å². The van der Waals surface area contributed by atoms with Crippen LogP contribution in [0.1, 0.15) is 5.56 Å². The number of hydrazine groups is 1. The summed E-state index contributed by atoms with van der Waals surface area (Å²) in [5, 5.41) is 11.5. The zero-order valence-electron chi connectivity index (χ0n) is 13.4. The maximum absolute atomic E-state index is 12.1. The van der Waals surface area contributed by atoms with Crippen LogP contribution in [-0.4, -0.2) is 25.9 Å². The molecule has 0 saturated carbocycles. The molecule has 0 spiro atoms. The highest BCUT2D eigenvalue weighted by molar-refractivity contribution is 7.89. The predicted octanol–water partition coefficient (Wildman–Crippen LogP) is 1.95. The van der Waals surface area contributed by atoms with Crippen molar-refractivity contribution in [1.29, 1.82) is 0 Å². The third kappa shape index (κ3) is 4.91. The lowest BCUT2D eigenvalue weighted by molar-refractivity contribution is -0.387. The van der Waals surface area contributed by atoms with Gasteiger partial charge in [-0.3, -0.25) is 20.3 Å². The summed E-state index contributed by atoms with van der Waals surface area (Å²) >= 11 is 5.88. The van der Waals surface area contributed by atoms with Gasteiger partial charge < -0.3 is 4.74 Å². The highest BCUT2D eigenvalue weighted by Gasteiger charge is 2.25. The summed E-state index contributed by atoms with van der Waals surface area (Å²) in [6.07, 6.45) is 0. The molecule has 1 amide bonds. The number of nitro groups is 1. The summed E-state index contributed by atoms with van der Waals surface area (Å²) in [6, 6.07) is 9.53. The summed E-state index contributed by atoms with van der Waals surface area (Å²) in [5.41, 5.74) is 2.08. The van der Waals surface area contributed by atoms with E-state index in [9.17, 15) is 23.3 Å². The summed E-state index contributed by atoms with van der Waals surface area (Å²) < 4.78 is 29.5. The lowest BCUT2D eigenvalue weighted by Gasteiger charge is -2.10. The van der Waals surface area contributed by atoms with Crippen molar-refractivity contribution in [2.45, 2.75) is 11.8 Å². The Labute approximate surface area is 154 Å². The Morgan fingerprint density at radius 3 is 2.62 bits per heavy atom. The van der Waals surface area contributed by atoms with Gasteiger partial charge in [0.1, 0.15) is 5.75 Å². The van der Waals surface area contributed by atoms with Gasteiger partial charge in [0.15, 0.2) is 11.5 Å². The minimum absolute atomic E-state index is 0.378. The Bertz CT molecular complexity index is 948. The molecule has 0 aliphatic heterocycles. The van der Waals surface area contributed by atoms with Crippen LogP contribution in [0, 0.1) is 17.0 Å². The number of hydrogen-bond donors (Lipinski definition) is 2. The van der Waals surface area contributed by atoms with Gasteiger partial charge in [-0.1, -0.05) is 23.7 Å². The average molecular weight is 400 g/mol. The number of sulfonamides is 1. The minimum Gasteiger partial charge on any atom is -0.484 e. The van der Waals surface area contributed by atoms with Crippen LogP contribution in [-0.2, 0) is 14.8 Å². The first-order chi connectivity index (χ1) is 12.2. The summed E-state index contributed by atoms with van der Waals surface area (Å²) in [5.74, 6) is -0.414. The molecule has 0 heterocycles. The van der Waals surface area contributed by atoms with Crippen molar-refractivity contribution in [1.82, 2.24) is 10.3 Å². The molecule has 26 heavy (non-hydrogen) atoms. The molecule has 0 bridgehead atoms. The number of aryl methyl sites for hydroxylation is 1. The number of ether oxygens (including phenoxy) is 1. The molecular formula is C15H14ClN3O6S. The Morgan fingerprint density at radius 1 is 1.27 bits per heavy atom. The largest absolute Gasteiger partial charge is 0.484 e. The molecule has 0 unspecified atom stereocenters. The van der Waals surface area contributed by atoms with Crippen LogP contribution in [0.25, 0.3) is 0 Å². The van der Waals surface area contributed by atoms with Gasteiger partial charge in [0, 0.05) is 11.1 Å². The van der Waals surface area contributed by atoms with Crippen molar-refractivity contribution < 1.29 is 22.9 Å². The number of amides is 1. The Kier molecular flexibility index (Phi) is 6.14. The average Bonchev–Trinajstić information content (AvgIpc) is 2.61. The highest BCUT2D eigenvalue weighted by Crippen LogP contribution is 2.22. The number of benzene rings is 2. The maximum atomic E-state index is 12.1. The van der Waals surface area contributed by atoms with E-state index in [-0.39, 0.29) is 0 Å². The molecule has 2 N–H and O–H groups in total. The molecular weight excluding hydrogens is 386 g/mol. The lowest BCUT2D eigenvalue weighted by atomic mass is 10.2. The quantitative estimate of drug-likeness (QED) is 0.541. The second-order valence-electron chi connectivity index (χ2n) is 5.08. The number of carbonyl (C=O) groups is 1. The number of nitrogens with zero attached hydrogens (tertiary/aromatic N) is 1. The van der Waals surface area contributed by atoms with Gasteiger partial charge in [0.25, 0.3) is 21.6 Å². The van der Waals surface area contributed by atoms with Gasteiger partial charge in [0.05, 0.1) is 4.92 Å². The second kappa shape index (κ2) is 8.13. The van der Waals surface area contributed by atoms with Gasteiger partial charge in [-0.2, -0.15) is 0 Å². The molecule has 2 rings (SSSR count). The van der Waals surface area contributed by atoms with Gasteiger partial charge in [-0.05, 0) is 36.8 Å². The Hall–Kier alpha value is -2.69. The SMILES string of the molecule is Cc1cc(OCC(=O)NNS(=O)(=O)c2ccccc2[N+](=O)[O-])ccc1Cl. The number of nitrogens with one attached hydrogen (secondary N) is 2. The van der Waals surface area contributed by atoms with E-state index in [4.69, 9.17) is 16.3 Å². The zero-order chi connectivity index (χ0) is 19.3. The molecule has 2 aromatic carbocycles. The topological polar surface area (TPSA) is 128 Å². The Morgan fingerprint density at radius 2 is 1.96 bits per heavy atom. The lowest BCUT2D eigenvalue weighted by Crippen LogP contribution is -2.43. The molecule has 0 radical (unpaired) electrons. The molecule has 0 fully saturated rings. The van der Waals surface area contributed by atoms with Crippen molar-refractivity contribution in [3.63, 3.8) is 0 Å². The third-order valence-corrected chi connectivity index (χ3v) is 4.89. The predicted molar refractivity (Wildman–Crippen MR) is 93.2 cm³/mol.